The van der Waals surface area contributed by atoms with Gasteiger partial charge in [0.2, 0.25) is 0 Å². The smallest absolute Gasteiger partial charge is 0.416 e. The summed E-state index contributed by atoms with van der Waals surface area (Å²) in [5, 5.41) is 2.14. The Morgan fingerprint density at radius 3 is 2.54 bits per heavy atom. The van der Waals surface area contributed by atoms with Gasteiger partial charge in [0.1, 0.15) is 5.75 Å². The number of esters is 1. The van der Waals surface area contributed by atoms with Gasteiger partial charge in [-0.3, -0.25) is 9.59 Å². The van der Waals surface area contributed by atoms with Crippen molar-refractivity contribution in [1.82, 2.24) is 0 Å². The number of halogens is 4. The number of aryl methyl sites for hydroxylation is 1. The van der Waals surface area contributed by atoms with Gasteiger partial charge in [-0.2, -0.15) is 13.2 Å². The van der Waals surface area contributed by atoms with E-state index in [0.29, 0.717) is 18.2 Å². The molecule has 0 aliphatic carbocycles. The third-order valence-electron chi connectivity index (χ3n) is 3.72. The van der Waals surface area contributed by atoms with E-state index in [1.807, 2.05) is 0 Å². The minimum atomic E-state index is -4.57. The maximum absolute atomic E-state index is 12.7. The molecule has 0 radical (unpaired) electrons. The summed E-state index contributed by atoms with van der Waals surface area (Å²) in [5.74, 6) is -0.796. The molecule has 1 amide bonds. The molecular weight excluding hydrogens is 399 g/mol. The first-order valence-electron chi connectivity index (χ1n) is 8.15. The first-order chi connectivity index (χ1) is 13.2. The fourth-order valence-electron chi connectivity index (χ4n) is 2.35. The minimum absolute atomic E-state index is 0.0119. The van der Waals surface area contributed by atoms with E-state index in [2.05, 4.69) is 5.32 Å². The molecular formula is C19H17ClF3NO4. The Morgan fingerprint density at radius 1 is 1.14 bits per heavy atom. The fourth-order valence-corrected chi connectivity index (χ4v) is 2.51. The van der Waals surface area contributed by atoms with Gasteiger partial charge < -0.3 is 14.8 Å². The predicted molar refractivity (Wildman–Crippen MR) is 97.4 cm³/mol. The number of alkyl halides is 3. The monoisotopic (exact) mass is 415 g/mol. The number of amides is 1. The third-order valence-corrected chi connectivity index (χ3v) is 4.05. The Labute approximate surface area is 164 Å². The standard InChI is InChI=1S/C19H17ClF3NO4/c1-27-16-5-3-2-4-12(16)6-9-18(26)28-11-17(25)24-15-10-13(19(21,22)23)7-8-14(15)20/h2-5,7-8,10H,6,9,11H2,1H3,(H,24,25). The largest absolute Gasteiger partial charge is 0.496 e. The molecule has 0 aromatic heterocycles. The molecule has 0 atom stereocenters. The van der Waals surface area contributed by atoms with Gasteiger partial charge in [0.15, 0.2) is 6.61 Å². The van der Waals surface area contributed by atoms with Gasteiger partial charge >= 0.3 is 12.1 Å². The van der Waals surface area contributed by atoms with Gasteiger partial charge in [-0.15, -0.1) is 0 Å². The molecule has 0 fully saturated rings. The molecule has 1 N–H and O–H groups in total. The summed E-state index contributed by atoms with van der Waals surface area (Å²) in [4.78, 5) is 23.7. The van der Waals surface area contributed by atoms with E-state index in [1.54, 1.807) is 24.3 Å². The SMILES string of the molecule is COc1ccccc1CCC(=O)OCC(=O)Nc1cc(C(F)(F)F)ccc1Cl. The predicted octanol–water partition coefficient (Wildman–Crippen LogP) is 4.48. The maximum atomic E-state index is 12.7. The zero-order valence-corrected chi connectivity index (χ0v) is 15.6. The highest BCUT2D eigenvalue weighted by molar-refractivity contribution is 6.33. The number of carbonyl (C=O) groups excluding carboxylic acids is 2. The van der Waals surface area contributed by atoms with Crippen LogP contribution in [0.4, 0.5) is 18.9 Å². The second kappa shape index (κ2) is 9.45. The molecule has 5 nitrogen and oxygen atoms in total. The second-order valence-electron chi connectivity index (χ2n) is 5.71. The first-order valence-corrected chi connectivity index (χ1v) is 8.52. The summed E-state index contributed by atoms with van der Waals surface area (Å²) in [6.07, 6.45) is -4.21. The fraction of sp³-hybridized carbons (Fsp3) is 0.263. The molecule has 0 spiro atoms. The zero-order chi connectivity index (χ0) is 20.7. The first kappa shape index (κ1) is 21.6. The molecule has 2 aromatic rings. The molecule has 0 heterocycles. The molecule has 28 heavy (non-hydrogen) atoms. The van der Waals surface area contributed by atoms with Crippen LogP contribution in [0.15, 0.2) is 42.5 Å². The molecule has 2 aromatic carbocycles. The Bertz CT molecular complexity index is 855. The third kappa shape index (κ3) is 6.16. The molecule has 0 saturated carbocycles. The highest BCUT2D eigenvalue weighted by Gasteiger charge is 2.31. The van der Waals surface area contributed by atoms with Crippen LogP contribution in [0.5, 0.6) is 5.75 Å². The van der Waals surface area contributed by atoms with Crippen molar-refractivity contribution >= 4 is 29.2 Å². The van der Waals surface area contributed by atoms with Crippen molar-refractivity contribution in [2.45, 2.75) is 19.0 Å². The van der Waals surface area contributed by atoms with Crippen molar-refractivity contribution in [2.75, 3.05) is 19.0 Å². The van der Waals surface area contributed by atoms with Crippen LogP contribution in [0, 0.1) is 0 Å². The number of methoxy groups -OCH3 is 1. The quantitative estimate of drug-likeness (QED) is 0.677. The van der Waals surface area contributed by atoms with Crippen LogP contribution in [0.25, 0.3) is 0 Å². The highest BCUT2D eigenvalue weighted by Crippen LogP contribution is 2.33. The Kier molecular flexibility index (Phi) is 7.28. The summed E-state index contributed by atoms with van der Waals surface area (Å²) < 4.78 is 48.2. The Balaban J connectivity index is 1.86. The maximum Gasteiger partial charge on any atom is 0.416 e. The van der Waals surface area contributed by atoms with Crippen LogP contribution in [-0.4, -0.2) is 25.6 Å². The molecule has 0 saturated heterocycles. The van der Waals surface area contributed by atoms with E-state index >= 15 is 0 Å². The van der Waals surface area contributed by atoms with Crippen LogP contribution in [0.1, 0.15) is 17.5 Å². The number of rotatable bonds is 7. The van der Waals surface area contributed by atoms with Crippen molar-refractivity contribution in [3.8, 4) is 5.75 Å². The number of carbonyl (C=O) groups is 2. The van der Waals surface area contributed by atoms with Gasteiger partial charge in [-0.1, -0.05) is 29.8 Å². The van der Waals surface area contributed by atoms with E-state index in [4.69, 9.17) is 21.1 Å². The Hall–Kier alpha value is -2.74. The van der Waals surface area contributed by atoms with E-state index < -0.39 is 30.2 Å². The normalized spacial score (nSPS) is 11.0. The Morgan fingerprint density at radius 2 is 1.86 bits per heavy atom. The van der Waals surface area contributed by atoms with Crippen LogP contribution >= 0.6 is 11.6 Å². The van der Waals surface area contributed by atoms with Gasteiger partial charge in [-0.05, 0) is 36.2 Å². The lowest BCUT2D eigenvalue weighted by atomic mass is 10.1. The molecule has 0 aliphatic rings. The molecule has 0 aliphatic heterocycles. The summed E-state index contributed by atoms with van der Waals surface area (Å²) in [7, 11) is 1.51. The van der Waals surface area contributed by atoms with E-state index in [0.717, 1.165) is 17.7 Å². The van der Waals surface area contributed by atoms with E-state index in [1.165, 1.54) is 7.11 Å². The topological polar surface area (TPSA) is 64.6 Å². The van der Waals surface area contributed by atoms with E-state index in [-0.39, 0.29) is 17.1 Å². The average molecular weight is 416 g/mol. The van der Waals surface area contributed by atoms with Crippen molar-refractivity contribution in [3.63, 3.8) is 0 Å². The number of ether oxygens (including phenoxy) is 2. The van der Waals surface area contributed by atoms with Crippen molar-refractivity contribution in [2.24, 2.45) is 0 Å². The molecule has 2 rings (SSSR count). The van der Waals surface area contributed by atoms with E-state index in [9.17, 15) is 22.8 Å². The number of hydrogen-bond donors (Lipinski definition) is 1. The number of nitrogens with one attached hydrogen (secondary N) is 1. The van der Waals surface area contributed by atoms with Crippen molar-refractivity contribution in [1.29, 1.82) is 0 Å². The molecule has 150 valence electrons. The lowest BCUT2D eigenvalue weighted by Crippen LogP contribution is -2.21. The number of anilines is 1. The van der Waals surface area contributed by atoms with Gasteiger partial charge in [0.25, 0.3) is 5.91 Å². The number of para-hydroxylation sites is 1. The zero-order valence-electron chi connectivity index (χ0n) is 14.8. The minimum Gasteiger partial charge on any atom is -0.496 e. The lowest BCUT2D eigenvalue weighted by molar-refractivity contribution is -0.147. The van der Waals surface area contributed by atoms with Crippen molar-refractivity contribution < 1.29 is 32.2 Å². The number of hydrogen-bond acceptors (Lipinski definition) is 4. The summed E-state index contributed by atoms with van der Waals surface area (Å²) >= 11 is 5.80. The summed E-state index contributed by atoms with van der Waals surface area (Å²) in [5.41, 5.74) is -0.366. The molecule has 0 unspecified atom stereocenters. The summed E-state index contributed by atoms with van der Waals surface area (Å²) in [6.45, 7) is -0.642. The second-order valence-corrected chi connectivity index (χ2v) is 6.12. The summed E-state index contributed by atoms with van der Waals surface area (Å²) in [6, 6.07) is 9.69. The number of benzene rings is 2. The lowest BCUT2D eigenvalue weighted by Gasteiger charge is -2.12. The molecule has 9 heteroatoms. The van der Waals surface area contributed by atoms with Crippen LogP contribution < -0.4 is 10.1 Å². The van der Waals surface area contributed by atoms with Crippen LogP contribution in [0.3, 0.4) is 0 Å². The van der Waals surface area contributed by atoms with Gasteiger partial charge in [0.05, 0.1) is 23.4 Å². The van der Waals surface area contributed by atoms with Gasteiger partial charge in [0, 0.05) is 6.42 Å². The van der Waals surface area contributed by atoms with Crippen molar-refractivity contribution in [3.05, 3.63) is 58.6 Å². The average Bonchev–Trinajstić information content (AvgIpc) is 2.65. The molecule has 0 bridgehead atoms. The van der Waals surface area contributed by atoms with Gasteiger partial charge in [-0.25, -0.2) is 0 Å². The van der Waals surface area contributed by atoms with Crippen LogP contribution in [0.2, 0.25) is 5.02 Å². The van der Waals surface area contributed by atoms with Crippen LogP contribution in [-0.2, 0) is 26.9 Å². The highest BCUT2D eigenvalue weighted by atomic mass is 35.5.